The number of benzene rings is 1. The minimum absolute atomic E-state index is 0.307. The lowest BCUT2D eigenvalue weighted by Crippen LogP contribution is -2.05. The normalized spacial score (nSPS) is 10.2. The van der Waals surface area contributed by atoms with E-state index in [2.05, 4.69) is 10.3 Å². The molecular formula is C14H16N2O. The lowest BCUT2D eigenvalue weighted by atomic mass is 10.1. The van der Waals surface area contributed by atoms with Gasteiger partial charge in [-0.25, -0.2) is 4.98 Å². The van der Waals surface area contributed by atoms with Gasteiger partial charge in [0.1, 0.15) is 11.6 Å². The van der Waals surface area contributed by atoms with E-state index in [4.69, 9.17) is 5.11 Å². The number of rotatable bonds is 4. The first kappa shape index (κ1) is 11.5. The molecule has 0 saturated carbocycles. The molecule has 0 bridgehead atoms. The number of aromatic nitrogens is 1. The summed E-state index contributed by atoms with van der Waals surface area (Å²) in [5.74, 6) is 1.20. The van der Waals surface area contributed by atoms with E-state index < -0.39 is 0 Å². The first-order valence-electron chi connectivity index (χ1n) is 5.68. The van der Waals surface area contributed by atoms with Gasteiger partial charge in [0.15, 0.2) is 0 Å². The summed E-state index contributed by atoms with van der Waals surface area (Å²) in [6.45, 7) is 2.86. The van der Waals surface area contributed by atoms with Gasteiger partial charge in [-0.2, -0.15) is 0 Å². The lowest BCUT2D eigenvalue weighted by Gasteiger charge is -2.05. The summed E-state index contributed by atoms with van der Waals surface area (Å²) in [5.41, 5.74) is 2.36. The van der Waals surface area contributed by atoms with Gasteiger partial charge in [0, 0.05) is 12.7 Å². The minimum atomic E-state index is 0.307. The SMILES string of the molecule is Cc1ccc(NCCc2ccc(O)cc2)nc1. The lowest BCUT2D eigenvalue weighted by molar-refractivity contribution is 0.475. The molecule has 0 aliphatic rings. The Balaban J connectivity index is 1.83. The molecule has 0 aliphatic heterocycles. The zero-order valence-corrected chi connectivity index (χ0v) is 9.85. The Morgan fingerprint density at radius 2 is 1.88 bits per heavy atom. The van der Waals surface area contributed by atoms with Crippen LogP contribution in [-0.4, -0.2) is 16.6 Å². The molecule has 0 amide bonds. The standard InChI is InChI=1S/C14H16N2O/c1-11-2-7-14(16-10-11)15-9-8-12-3-5-13(17)6-4-12/h2-7,10,17H,8-9H2,1H3,(H,15,16). The van der Waals surface area contributed by atoms with E-state index in [1.807, 2.05) is 37.4 Å². The number of hydrogen-bond donors (Lipinski definition) is 2. The molecule has 2 aromatic rings. The van der Waals surface area contributed by atoms with Gasteiger partial charge in [-0.1, -0.05) is 18.2 Å². The Morgan fingerprint density at radius 1 is 1.12 bits per heavy atom. The maximum Gasteiger partial charge on any atom is 0.125 e. The van der Waals surface area contributed by atoms with E-state index in [9.17, 15) is 0 Å². The van der Waals surface area contributed by atoms with Crippen molar-refractivity contribution in [1.82, 2.24) is 4.98 Å². The quantitative estimate of drug-likeness (QED) is 0.845. The highest BCUT2D eigenvalue weighted by Crippen LogP contribution is 2.10. The van der Waals surface area contributed by atoms with Crippen molar-refractivity contribution < 1.29 is 5.11 Å². The molecule has 0 spiro atoms. The molecule has 0 saturated heterocycles. The van der Waals surface area contributed by atoms with Crippen molar-refractivity contribution >= 4 is 5.82 Å². The van der Waals surface area contributed by atoms with Crippen molar-refractivity contribution in [3.05, 3.63) is 53.7 Å². The molecule has 0 unspecified atom stereocenters. The van der Waals surface area contributed by atoms with Gasteiger partial charge >= 0.3 is 0 Å². The fourth-order valence-electron chi connectivity index (χ4n) is 1.57. The molecule has 0 fully saturated rings. The van der Waals surface area contributed by atoms with Crippen LogP contribution in [0.15, 0.2) is 42.6 Å². The van der Waals surface area contributed by atoms with Gasteiger partial charge in [-0.15, -0.1) is 0 Å². The highest BCUT2D eigenvalue weighted by molar-refractivity contribution is 5.35. The van der Waals surface area contributed by atoms with E-state index in [1.165, 1.54) is 5.56 Å². The first-order chi connectivity index (χ1) is 8.24. The number of nitrogens with one attached hydrogen (secondary N) is 1. The third-order valence-electron chi connectivity index (χ3n) is 2.57. The van der Waals surface area contributed by atoms with Crippen LogP contribution in [0.4, 0.5) is 5.82 Å². The van der Waals surface area contributed by atoms with Gasteiger partial charge in [0.05, 0.1) is 0 Å². The average Bonchev–Trinajstić information content (AvgIpc) is 2.34. The number of phenolic OH excluding ortho intramolecular Hbond substituents is 1. The first-order valence-corrected chi connectivity index (χ1v) is 5.68. The smallest absolute Gasteiger partial charge is 0.125 e. The van der Waals surface area contributed by atoms with Gasteiger partial charge in [-0.3, -0.25) is 0 Å². The fraction of sp³-hybridized carbons (Fsp3) is 0.214. The molecule has 1 heterocycles. The molecule has 0 atom stereocenters. The molecular weight excluding hydrogens is 212 g/mol. The third-order valence-corrected chi connectivity index (χ3v) is 2.57. The molecule has 3 nitrogen and oxygen atoms in total. The van der Waals surface area contributed by atoms with Crippen molar-refractivity contribution in [2.45, 2.75) is 13.3 Å². The molecule has 0 radical (unpaired) electrons. The van der Waals surface area contributed by atoms with Crippen LogP contribution in [0.2, 0.25) is 0 Å². The molecule has 0 aliphatic carbocycles. The molecule has 17 heavy (non-hydrogen) atoms. The van der Waals surface area contributed by atoms with E-state index in [0.717, 1.165) is 24.3 Å². The number of aryl methyl sites for hydroxylation is 1. The number of hydrogen-bond acceptors (Lipinski definition) is 3. The van der Waals surface area contributed by atoms with Crippen LogP contribution in [0.25, 0.3) is 0 Å². The highest BCUT2D eigenvalue weighted by Gasteiger charge is 1.95. The largest absolute Gasteiger partial charge is 0.508 e. The van der Waals surface area contributed by atoms with E-state index in [-0.39, 0.29) is 0 Å². The van der Waals surface area contributed by atoms with Crippen LogP contribution in [-0.2, 0) is 6.42 Å². The summed E-state index contributed by atoms with van der Waals surface area (Å²) in [5, 5.41) is 12.4. The van der Waals surface area contributed by atoms with Crippen molar-refractivity contribution in [2.75, 3.05) is 11.9 Å². The molecule has 1 aromatic carbocycles. The fourth-order valence-corrected chi connectivity index (χ4v) is 1.57. The number of aromatic hydroxyl groups is 1. The number of phenols is 1. The van der Waals surface area contributed by atoms with Gasteiger partial charge in [-0.05, 0) is 42.7 Å². The van der Waals surface area contributed by atoms with Crippen molar-refractivity contribution in [3.8, 4) is 5.75 Å². The summed E-state index contributed by atoms with van der Waals surface area (Å²) in [6.07, 6.45) is 2.76. The zero-order valence-electron chi connectivity index (χ0n) is 9.85. The Bertz CT molecular complexity index is 417. The highest BCUT2D eigenvalue weighted by atomic mass is 16.3. The molecule has 2 N–H and O–H groups in total. The number of nitrogens with zero attached hydrogens (tertiary/aromatic N) is 1. The third kappa shape index (κ3) is 3.48. The summed E-state index contributed by atoms with van der Waals surface area (Å²) in [4.78, 5) is 4.27. The number of anilines is 1. The Labute approximate surface area is 101 Å². The van der Waals surface area contributed by atoms with Crippen LogP contribution in [0, 0.1) is 6.92 Å². The van der Waals surface area contributed by atoms with E-state index in [1.54, 1.807) is 12.1 Å². The summed E-state index contributed by atoms with van der Waals surface area (Å²) >= 11 is 0. The second-order valence-corrected chi connectivity index (χ2v) is 4.06. The van der Waals surface area contributed by atoms with E-state index in [0.29, 0.717) is 5.75 Å². The van der Waals surface area contributed by atoms with Gasteiger partial charge in [0.25, 0.3) is 0 Å². The minimum Gasteiger partial charge on any atom is -0.508 e. The van der Waals surface area contributed by atoms with Crippen molar-refractivity contribution in [3.63, 3.8) is 0 Å². The van der Waals surface area contributed by atoms with Gasteiger partial charge in [0.2, 0.25) is 0 Å². The summed E-state index contributed by atoms with van der Waals surface area (Å²) < 4.78 is 0. The van der Waals surface area contributed by atoms with Crippen LogP contribution in [0.3, 0.4) is 0 Å². The average molecular weight is 228 g/mol. The van der Waals surface area contributed by atoms with Crippen LogP contribution in [0.1, 0.15) is 11.1 Å². The summed E-state index contributed by atoms with van der Waals surface area (Å²) in [7, 11) is 0. The van der Waals surface area contributed by atoms with Crippen LogP contribution < -0.4 is 5.32 Å². The number of pyridine rings is 1. The predicted molar refractivity (Wildman–Crippen MR) is 69.3 cm³/mol. The molecule has 2 rings (SSSR count). The Kier molecular flexibility index (Phi) is 3.60. The second-order valence-electron chi connectivity index (χ2n) is 4.06. The molecule has 88 valence electrons. The van der Waals surface area contributed by atoms with Crippen LogP contribution >= 0.6 is 0 Å². The predicted octanol–water partition coefficient (Wildman–Crippen LogP) is 2.75. The monoisotopic (exact) mass is 228 g/mol. The van der Waals surface area contributed by atoms with Crippen molar-refractivity contribution in [1.29, 1.82) is 0 Å². The topological polar surface area (TPSA) is 45.1 Å². The second kappa shape index (κ2) is 5.34. The summed E-state index contributed by atoms with van der Waals surface area (Å²) in [6, 6.07) is 11.3. The van der Waals surface area contributed by atoms with E-state index >= 15 is 0 Å². The Morgan fingerprint density at radius 3 is 2.53 bits per heavy atom. The Hall–Kier alpha value is -2.03. The molecule has 3 heteroatoms. The van der Waals surface area contributed by atoms with Gasteiger partial charge < -0.3 is 10.4 Å². The zero-order chi connectivity index (χ0) is 12.1. The maximum atomic E-state index is 9.16. The van der Waals surface area contributed by atoms with Crippen LogP contribution in [0.5, 0.6) is 5.75 Å². The molecule has 1 aromatic heterocycles. The maximum absolute atomic E-state index is 9.16. The van der Waals surface area contributed by atoms with Crippen molar-refractivity contribution in [2.24, 2.45) is 0 Å².